The highest BCUT2D eigenvalue weighted by atomic mass is 16.6. The Morgan fingerprint density at radius 2 is 0.734 bits per heavy atom. The van der Waals surface area contributed by atoms with Crippen molar-refractivity contribution in [3.63, 3.8) is 0 Å². The van der Waals surface area contributed by atoms with Crippen LogP contribution in [0.1, 0.15) is 222 Å². The highest BCUT2D eigenvalue weighted by Crippen LogP contribution is 2.50. The number of epoxide rings is 4. The summed E-state index contributed by atoms with van der Waals surface area (Å²) in [7, 11) is 2.91. The Balaban J connectivity index is 0.000000603. The first-order valence-electron chi connectivity index (χ1n) is 33.2. The Kier molecular flexibility index (Phi) is 29.3. The van der Waals surface area contributed by atoms with Gasteiger partial charge in [0.1, 0.15) is 30.8 Å². The zero-order valence-electron chi connectivity index (χ0n) is 60.6. The van der Waals surface area contributed by atoms with Gasteiger partial charge in [-0.3, -0.25) is 39.2 Å². The van der Waals surface area contributed by atoms with Crippen LogP contribution in [0.25, 0.3) is 0 Å². The van der Waals surface area contributed by atoms with Gasteiger partial charge < -0.3 is 59.4 Å². The molecule has 8 aliphatic heterocycles. The smallest absolute Gasteiger partial charge is 0.327 e. The lowest BCUT2D eigenvalue weighted by molar-refractivity contribution is -0.128. The molecule has 24 nitrogen and oxygen atoms in total. The van der Waals surface area contributed by atoms with Crippen molar-refractivity contribution in [2.24, 2.45) is 47.3 Å². The van der Waals surface area contributed by atoms with Gasteiger partial charge in [0, 0.05) is 14.1 Å². The van der Waals surface area contributed by atoms with E-state index in [1.165, 1.54) is 35.2 Å². The normalized spacial score (nSPS) is 32.5. The van der Waals surface area contributed by atoms with E-state index in [9.17, 15) is 58.8 Å². The van der Waals surface area contributed by atoms with Gasteiger partial charge in [-0.2, -0.15) is 0 Å². The number of ether oxygens (including phenoxy) is 4. The predicted octanol–water partition coefficient (Wildman–Crippen LogP) is 9.30. The number of carbonyl (C=O) groups excluding carboxylic acids is 8. The summed E-state index contributed by atoms with van der Waals surface area (Å²) in [5, 5.41) is 47.7. The summed E-state index contributed by atoms with van der Waals surface area (Å²) in [6, 6.07) is -2.74. The number of carbonyl (C=O) groups is 8. The van der Waals surface area contributed by atoms with Crippen LogP contribution in [0.5, 0.6) is 0 Å². The largest absolute Gasteiger partial charge is 0.390 e. The van der Waals surface area contributed by atoms with Gasteiger partial charge in [-0.05, 0) is 177 Å². The Morgan fingerprint density at radius 1 is 0.447 bits per heavy atom. The fraction of sp³-hybridized carbons (Fsp3) is 0.886. The van der Waals surface area contributed by atoms with Gasteiger partial charge in [-0.1, -0.05) is 91.5 Å². The fourth-order valence-electron chi connectivity index (χ4n) is 12.9. The third kappa shape index (κ3) is 18.4. The number of rotatable bonds is 22. The van der Waals surface area contributed by atoms with Crippen molar-refractivity contribution < 1.29 is 77.7 Å². The number of hydrogen-bond acceptors (Lipinski definition) is 16. The molecule has 8 heterocycles. The zero-order chi connectivity index (χ0) is 70.5. The van der Waals surface area contributed by atoms with Gasteiger partial charge in [-0.15, -0.1) is 0 Å². The Morgan fingerprint density at radius 3 is 0.968 bits per heavy atom. The molecule has 0 saturated carbocycles. The molecule has 0 spiro atoms. The molecule has 12 amide bonds. The second-order valence-corrected chi connectivity index (χ2v) is 30.4. The summed E-state index contributed by atoms with van der Waals surface area (Å²) >= 11 is 0. The van der Waals surface area contributed by atoms with Crippen molar-refractivity contribution in [2.45, 2.75) is 315 Å². The Bertz CT molecular complexity index is 2530. The monoisotopic (exact) mass is 1340 g/mol. The second-order valence-electron chi connectivity index (χ2n) is 30.4. The fourth-order valence-corrected chi connectivity index (χ4v) is 12.9. The second kappa shape index (κ2) is 31.5. The summed E-state index contributed by atoms with van der Waals surface area (Å²) in [5.74, 6) is 0.203. The van der Waals surface area contributed by atoms with Crippen LogP contribution in [0.4, 0.5) is 19.2 Å². The number of likely N-dealkylation sites (N-methyl/N-ethyl adjacent to an activating group) is 2. The molecule has 8 rings (SSSR count). The SMILES string of the molecule is C.C.C.CC(C)C(C)(O)C(C)CC(C)C(C)(O)C(C)N1CC(=O)N(C)C1=O.CC(C)C(C)(O)C(C)CC(C)C(C)(O)C(C)N1CC(=O)N(C)C1=O.CC(CC(C)C1(C)OC1C)C1(C)OC1C.CC1OC1(C)C(C)N1CC(=O)N(C(C)C2(C)OC2C)C1=O.O=C1CNC(=O)N1. The van der Waals surface area contributed by atoms with E-state index in [4.69, 9.17) is 18.9 Å². The average Bonchev–Trinajstić information content (AvgIpc) is 1.57. The van der Waals surface area contributed by atoms with E-state index < -0.39 is 46.1 Å². The molecule has 0 aromatic rings. The van der Waals surface area contributed by atoms with Gasteiger partial charge >= 0.3 is 24.1 Å². The molecule has 548 valence electrons. The zero-order valence-corrected chi connectivity index (χ0v) is 60.6. The van der Waals surface area contributed by atoms with Gasteiger partial charge in [-0.25, -0.2) is 19.2 Å². The van der Waals surface area contributed by atoms with Crippen molar-refractivity contribution in [2.75, 3.05) is 40.3 Å². The first-order chi connectivity index (χ1) is 41.2. The molecule has 0 aromatic heterocycles. The lowest BCUT2D eigenvalue weighted by Gasteiger charge is -2.43. The summed E-state index contributed by atoms with van der Waals surface area (Å²) < 4.78 is 22.6. The molecule has 94 heavy (non-hydrogen) atoms. The third-order valence-electron chi connectivity index (χ3n) is 24.4. The molecule has 8 aliphatic rings. The Hall–Kier alpha value is -4.56. The summed E-state index contributed by atoms with van der Waals surface area (Å²) in [4.78, 5) is 101. The summed E-state index contributed by atoms with van der Waals surface area (Å²) in [6.45, 7) is 51.7. The lowest BCUT2D eigenvalue weighted by Crippen LogP contribution is -2.54. The number of urea groups is 4. The molecule has 0 radical (unpaired) electrons. The van der Waals surface area contributed by atoms with Crippen LogP contribution in [-0.4, -0.2) is 231 Å². The van der Waals surface area contributed by atoms with Gasteiger partial charge in [0.05, 0.1) is 88.7 Å². The number of hydrogen-bond donors (Lipinski definition) is 6. The molecule has 8 fully saturated rings. The minimum absolute atomic E-state index is 0. The number of imide groups is 4. The molecular formula is C70H132N8O16. The van der Waals surface area contributed by atoms with Crippen LogP contribution in [0.2, 0.25) is 0 Å². The molecule has 6 N–H and O–H groups in total. The lowest BCUT2D eigenvalue weighted by atomic mass is 9.72. The van der Waals surface area contributed by atoms with Gasteiger partial charge in [0.2, 0.25) is 17.7 Å². The van der Waals surface area contributed by atoms with Crippen molar-refractivity contribution in [3.05, 3.63) is 0 Å². The number of nitrogens with zero attached hydrogens (tertiary/aromatic N) is 6. The predicted molar refractivity (Wildman–Crippen MR) is 365 cm³/mol. The molecular weight excluding hydrogens is 1210 g/mol. The summed E-state index contributed by atoms with van der Waals surface area (Å²) in [6.07, 6.45) is 3.50. The third-order valence-corrected chi connectivity index (χ3v) is 24.4. The van der Waals surface area contributed by atoms with Crippen molar-refractivity contribution >= 4 is 47.8 Å². The highest BCUT2D eigenvalue weighted by molar-refractivity contribution is 6.04. The molecule has 22 atom stereocenters. The minimum Gasteiger partial charge on any atom is -0.390 e. The molecule has 0 aliphatic carbocycles. The van der Waals surface area contributed by atoms with Crippen LogP contribution in [0.3, 0.4) is 0 Å². The van der Waals surface area contributed by atoms with E-state index in [1.54, 1.807) is 32.6 Å². The number of nitrogens with one attached hydrogen (secondary N) is 2. The first-order valence-corrected chi connectivity index (χ1v) is 33.2. The van der Waals surface area contributed by atoms with Crippen LogP contribution >= 0.6 is 0 Å². The van der Waals surface area contributed by atoms with Crippen LogP contribution in [0.15, 0.2) is 0 Å². The van der Waals surface area contributed by atoms with E-state index in [0.717, 1.165) is 9.80 Å². The molecule has 0 bridgehead atoms. The minimum atomic E-state index is -1.16. The maximum absolute atomic E-state index is 12.7. The highest BCUT2D eigenvalue weighted by Gasteiger charge is 2.62. The van der Waals surface area contributed by atoms with Crippen molar-refractivity contribution in [3.8, 4) is 0 Å². The molecule has 8 saturated heterocycles. The molecule has 0 aromatic carbocycles. The Labute approximate surface area is 565 Å². The van der Waals surface area contributed by atoms with Crippen LogP contribution in [-0.2, 0) is 38.1 Å². The van der Waals surface area contributed by atoms with Crippen LogP contribution in [0, 0.1) is 47.3 Å². The number of amides is 12. The van der Waals surface area contributed by atoms with E-state index in [-0.39, 0.29) is 167 Å². The van der Waals surface area contributed by atoms with E-state index in [0.29, 0.717) is 36.9 Å². The van der Waals surface area contributed by atoms with Gasteiger partial charge in [0.15, 0.2) is 0 Å². The van der Waals surface area contributed by atoms with E-state index >= 15 is 0 Å². The van der Waals surface area contributed by atoms with E-state index in [1.807, 2.05) is 116 Å². The average molecular weight is 1340 g/mol. The summed E-state index contributed by atoms with van der Waals surface area (Å²) in [5.41, 5.74) is -4.49. The van der Waals surface area contributed by atoms with Crippen molar-refractivity contribution in [1.29, 1.82) is 0 Å². The quantitative estimate of drug-likeness (QED) is 0.0434. The molecule has 24 heteroatoms. The van der Waals surface area contributed by atoms with Gasteiger partial charge in [0.25, 0.3) is 5.91 Å². The molecule has 22 unspecified atom stereocenters. The van der Waals surface area contributed by atoms with Crippen LogP contribution < -0.4 is 10.6 Å². The topological polar surface area (TPSA) is 311 Å². The maximum Gasteiger partial charge on any atom is 0.327 e. The first kappa shape index (κ1) is 87.5. The van der Waals surface area contributed by atoms with Crippen molar-refractivity contribution in [1.82, 2.24) is 40.0 Å². The maximum atomic E-state index is 12.7. The number of aliphatic hydroxyl groups is 4. The standard InChI is InChI=1S/2C18H34N2O4.C15H24N2O4.C13H24O2.C3H4N2O2.3CH4/c2*1-11(2)17(6,23)12(3)9-13(4)18(7,24)14(5)20-10-15(21)19(8)16(20)22;1-8(14(5)10(3)20-14)16-7-12(18)17(13(16)19)9(2)15(6)11(4)21-15;1-8(12(5)10(3)14-12)7-9(2)13(6)11(4)15-13;6-2-1-4-3(7)5-2;;;/h2*11-14,23-24H,9-10H2,1-8H3;8-11H,7H2,1-6H3;8-11H,7H2,1-6H3;1H2,(H2,4,5,6,7);3*1H4. The van der Waals surface area contributed by atoms with E-state index in [2.05, 4.69) is 46.9 Å².